The summed E-state index contributed by atoms with van der Waals surface area (Å²) < 4.78 is 39.5. The Morgan fingerprint density at radius 3 is 2.57 bits per heavy atom. The highest BCUT2D eigenvalue weighted by molar-refractivity contribution is 9.10. The van der Waals surface area contributed by atoms with Crippen molar-refractivity contribution in [1.29, 1.82) is 0 Å². The predicted molar refractivity (Wildman–Crippen MR) is 68.6 cm³/mol. The third kappa shape index (κ3) is 2.61. The summed E-state index contributed by atoms with van der Waals surface area (Å²) in [5.74, 6) is -2.62. The lowest BCUT2D eigenvalue weighted by Crippen LogP contribution is -2.47. The largest absolute Gasteiger partial charge is 0.481 e. The van der Waals surface area contributed by atoms with Crippen molar-refractivity contribution in [2.45, 2.75) is 12.6 Å². The second-order valence-corrected chi connectivity index (χ2v) is 5.57. The van der Waals surface area contributed by atoms with Gasteiger partial charge in [-0.2, -0.15) is 13.2 Å². The van der Waals surface area contributed by atoms with E-state index in [4.69, 9.17) is 5.11 Å². The first kappa shape index (κ1) is 15.7. The minimum absolute atomic E-state index is 0.147. The molecule has 0 aromatic carbocycles. The van der Waals surface area contributed by atoms with E-state index in [0.29, 0.717) is 4.47 Å². The van der Waals surface area contributed by atoms with Crippen molar-refractivity contribution < 1.29 is 27.9 Å². The van der Waals surface area contributed by atoms with Crippen LogP contribution >= 0.6 is 15.9 Å². The molecule has 1 aromatic heterocycles. The monoisotopic (exact) mass is 366 g/mol. The Hall–Kier alpha value is -1.64. The van der Waals surface area contributed by atoms with Crippen molar-refractivity contribution in [3.8, 4) is 0 Å². The lowest BCUT2D eigenvalue weighted by Gasteiger charge is -2.27. The fourth-order valence-electron chi connectivity index (χ4n) is 2.23. The number of aromatic nitrogens is 1. The highest BCUT2D eigenvalue weighted by Gasteiger charge is 2.64. The van der Waals surface area contributed by atoms with E-state index in [1.165, 1.54) is 18.5 Å². The van der Waals surface area contributed by atoms with Crippen LogP contribution in [0.2, 0.25) is 0 Å². The van der Waals surface area contributed by atoms with E-state index >= 15 is 0 Å². The van der Waals surface area contributed by atoms with Gasteiger partial charge in [-0.3, -0.25) is 14.6 Å². The number of hydrogen-bond donors (Lipinski definition) is 1. The molecule has 0 spiro atoms. The Kier molecular flexibility index (Phi) is 3.96. The normalized spacial score (nSPS) is 22.4. The van der Waals surface area contributed by atoms with Gasteiger partial charge in [0.25, 0.3) is 5.91 Å². The number of amides is 1. The van der Waals surface area contributed by atoms with E-state index in [1.54, 1.807) is 0 Å². The number of carboxylic acid groups (broad SMARTS) is 1. The third-order valence-corrected chi connectivity index (χ3v) is 4.14. The summed E-state index contributed by atoms with van der Waals surface area (Å²) in [7, 11) is 0. The first-order valence-corrected chi connectivity index (χ1v) is 6.67. The number of hydrogen-bond acceptors (Lipinski definition) is 3. The SMILES string of the molecule is O=C(c1ccncc1Br)N1CCC(C(=O)O)(C(F)(F)F)C1. The van der Waals surface area contributed by atoms with Gasteiger partial charge in [-0.1, -0.05) is 0 Å². The Morgan fingerprint density at radius 2 is 2.10 bits per heavy atom. The Morgan fingerprint density at radius 1 is 1.43 bits per heavy atom. The van der Waals surface area contributed by atoms with Crippen molar-refractivity contribution in [3.63, 3.8) is 0 Å². The van der Waals surface area contributed by atoms with Gasteiger partial charge in [-0.05, 0) is 28.4 Å². The van der Waals surface area contributed by atoms with Crippen LogP contribution in [0.4, 0.5) is 13.2 Å². The molecule has 9 heteroatoms. The maximum Gasteiger partial charge on any atom is 0.406 e. The molecule has 2 rings (SSSR count). The standard InChI is InChI=1S/C12H10BrF3N2O3/c13-8-5-17-3-1-7(8)9(19)18-4-2-11(6-18,10(20)21)12(14,15)16/h1,3,5H,2,4,6H2,(H,20,21). The first-order chi connectivity index (χ1) is 9.69. The molecule has 1 saturated heterocycles. The lowest BCUT2D eigenvalue weighted by molar-refractivity contribution is -0.227. The molecule has 2 heterocycles. The summed E-state index contributed by atoms with van der Waals surface area (Å²) in [5.41, 5.74) is -2.75. The van der Waals surface area contributed by atoms with Crippen LogP contribution in [0, 0.1) is 5.41 Å². The topological polar surface area (TPSA) is 70.5 Å². The molecule has 1 unspecified atom stereocenters. The zero-order valence-electron chi connectivity index (χ0n) is 10.5. The highest BCUT2D eigenvalue weighted by atomic mass is 79.9. The van der Waals surface area contributed by atoms with E-state index in [-0.39, 0.29) is 12.1 Å². The smallest absolute Gasteiger partial charge is 0.406 e. The lowest BCUT2D eigenvalue weighted by atomic mass is 9.86. The van der Waals surface area contributed by atoms with Gasteiger partial charge in [-0.15, -0.1) is 0 Å². The molecule has 0 aliphatic carbocycles. The number of aliphatic carboxylic acids is 1. The molecule has 1 aromatic rings. The number of pyridine rings is 1. The second kappa shape index (κ2) is 5.28. The minimum Gasteiger partial charge on any atom is -0.481 e. The number of carboxylic acids is 1. The molecule has 5 nitrogen and oxygen atoms in total. The van der Waals surface area contributed by atoms with Crippen LogP contribution in [0.1, 0.15) is 16.8 Å². The summed E-state index contributed by atoms with van der Waals surface area (Å²) in [6.07, 6.45) is -2.89. The molecule has 1 aliphatic heterocycles. The molecular formula is C12H10BrF3N2O3. The molecule has 0 bridgehead atoms. The van der Waals surface area contributed by atoms with Gasteiger partial charge < -0.3 is 10.0 Å². The van der Waals surface area contributed by atoms with Crippen molar-refractivity contribution in [2.24, 2.45) is 5.41 Å². The van der Waals surface area contributed by atoms with Gasteiger partial charge in [-0.25, -0.2) is 0 Å². The highest BCUT2D eigenvalue weighted by Crippen LogP contribution is 2.46. The third-order valence-electron chi connectivity index (χ3n) is 3.51. The molecule has 1 aliphatic rings. The summed E-state index contributed by atoms with van der Waals surface area (Å²) in [6.45, 7) is -1.15. The number of carbonyl (C=O) groups is 2. The fourth-order valence-corrected chi connectivity index (χ4v) is 2.65. The number of rotatable bonds is 2. The average Bonchev–Trinajstić information content (AvgIpc) is 2.84. The molecule has 0 saturated carbocycles. The number of alkyl halides is 3. The fraction of sp³-hybridized carbons (Fsp3) is 0.417. The van der Waals surface area contributed by atoms with Crippen LogP contribution < -0.4 is 0 Å². The molecule has 21 heavy (non-hydrogen) atoms. The van der Waals surface area contributed by atoms with E-state index < -0.39 is 36.4 Å². The first-order valence-electron chi connectivity index (χ1n) is 5.88. The molecule has 1 N–H and O–H groups in total. The van der Waals surface area contributed by atoms with Gasteiger partial charge in [0, 0.05) is 30.0 Å². The maximum absolute atomic E-state index is 13.0. The molecular weight excluding hydrogens is 357 g/mol. The van der Waals surface area contributed by atoms with Crippen LogP contribution in [0.3, 0.4) is 0 Å². The van der Waals surface area contributed by atoms with E-state index in [1.807, 2.05) is 0 Å². The Labute approximate surface area is 125 Å². The van der Waals surface area contributed by atoms with Gasteiger partial charge in [0.15, 0.2) is 5.41 Å². The quantitative estimate of drug-likeness (QED) is 0.871. The summed E-state index contributed by atoms with van der Waals surface area (Å²) in [4.78, 5) is 27.9. The maximum atomic E-state index is 13.0. The van der Waals surface area contributed by atoms with Crippen molar-refractivity contribution in [2.75, 3.05) is 13.1 Å². The summed E-state index contributed by atoms with van der Waals surface area (Å²) in [5, 5.41) is 8.95. The summed E-state index contributed by atoms with van der Waals surface area (Å²) in [6, 6.07) is 1.36. The number of likely N-dealkylation sites (tertiary alicyclic amines) is 1. The molecule has 1 atom stereocenters. The minimum atomic E-state index is -4.91. The van der Waals surface area contributed by atoms with Gasteiger partial charge in [0.1, 0.15) is 0 Å². The van der Waals surface area contributed by atoms with Crippen molar-refractivity contribution in [1.82, 2.24) is 9.88 Å². The van der Waals surface area contributed by atoms with Gasteiger partial charge in [0.05, 0.1) is 5.56 Å². The van der Waals surface area contributed by atoms with Gasteiger partial charge in [0.2, 0.25) is 0 Å². The summed E-state index contributed by atoms with van der Waals surface area (Å²) >= 11 is 3.09. The van der Waals surface area contributed by atoms with Crippen LogP contribution in [0.15, 0.2) is 22.9 Å². The van der Waals surface area contributed by atoms with E-state index in [2.05, 4.69) is 20.9 Å². The zero-order valence-corrected chi connectivity index (χ0v) is 12.1. The number of carbonyl (C=O) groups excluding carboxylic acids is 1. The van der Waals surface area contributed by atoms with Crippen LogP contribution in [-0.2, 0) is 4.79 Å². The zero-order chi connectivity index (χ0) is 15.8. The predicted octanol–water partition coefficient (Wildman–Crippen LogP) is 2.32. The second-order valence-electron chi connectivity index (χ2n) is 4.72. The van der Waals surface area contributed by atoms with Gasteiger partial charge >= 0.3 is 12.1 Å². The van der Waals surface area contributed by atoms with Crippen LogP contribution in [0.25, 0.3) is 0 Å². The number of nitrogens with zero attached hydrogens (tertiary/aromatic N) is 2. The van der Waals surface area contributed by atoms with Crippen molar-refractivity contribution in [3.05, 3.63) is 28.5 Å². The molecule has 1 amide bonds. The van der Waals surface area contributed by atoms with Crippen LogP contribution in [-0.4, -0.2) is 46.1 Å². The Bertz CT molecular complexity index is 593. The van der Waals surface area contributed by atoms with Crippen LogP contribution in [0.5, 0.6) is 0 Å². The van der Waals surface area contributed by atoms with Crippen molar-refractivity contribution >= 4 is 27.8 Å². The number of halogens is 4. The van der Waals surface area contributed by atoms with E-state index in [9.17, 15) is 22.8 Å². The van der Waals surface area contributed by atoms with E-state index in [0.717, 1.165) is 4.90 Å². The molecule has 114 valence electrons. The molecule has 1 fully saturated rings. The average molecular weight is 367 g/mol. The molecule has 0 radical (unpaired) electrons. The Balaban J connectivity index is 2.28.